The highest BCUT2D eigenvalue weighted by molar-refractivity contribution is 8.68. The maximum Gasteiger partial charge on any atom is 0.233 e. The average Bonchev–Trinajstić information content (AvgIpc) is 2.36. The first-order valence-corrected chi connectivity index (χ1v) is 10.6. The van der Waals surface area contributed by atoms with Crippen molar-refractivity contribution in [3.63, 3.8) is 0 Å². The van der Waals surface area contributed by atoms with E-state index in [0.29, 0.717) is 0 Å². The van der Waals surface area contributed by atoms with E-state index in [9.17, 15) is 0 Å². The highest BCUT2D eigenvalue weighted by Crippen LogP contribution is 2.59. The van der Waals surface area contributed by atoms with Gasteiger partial charge in [0.1, 0.15) is 0 Å². The lowest BCUT2D eigenvalue weighted by atomic mass is 10.5. The normalized spacial score (nSPS) is 21.9. The van der Waals surface area contributed by atoms with Gasteiger partial charge in [-0.25, -0.2) is 0 Å². The van der Waals surface area contributed by atoms with Gasteiger partial charge in [0.15, 0.2) is 5.17 Å². The van der Waals surface area contributed by atoms with Gasteiger partial charge in [0.2, 0.25) is 5.62 Å². The van der Waals surface area contributed by atoms with Crippen LogP contribution >= 0.6 is 28.8 Å². The SMILES string of the molecule is COP(=S)(/N=C(\SC)N1CCOCC1)SC. The third-order valence-electron chi connectivity index (χ3n) is 2.13. The summed E-state index contributed by atoms with van der Waals surface area (Å²) in [6, 6.07) is 0. The molecule has 0 aromatic carbocycles. The summed E-state index contributed by atoms with van der Waals surface area (Å²) in [5.74, 6) is 0. The van der Waals surface area contributed by atoms with Crippen molar-refractivity contribution < 1.29 is 9.26 Å². The van der Waals surface area contributed by atoms with Gasteiger partial charge in [-0.3, -0.25) is 0 Å². The maximum absolute atomic E-state index is 5.41. The van der Waals surface area contributed by atoms with E-state index in [0.717, 1.165) is 31.5 Å². The minimum absolute atomic E-state index is 0.759. The van der Waals surface area contributed by atoms with Crippen LogP contribution in [0, 0.1) is 0 Å². The van der Waals surface area contributed by atoms with Gasteiger partial charge in [-0.1, -0.05) is 23.1 Å². The van der Waals surface area contributed by atoms with E-state index in [1.54, 1.807) is 18.9 Å². The van der Waals surface area contributed by atoms with Crippen LogP contribution in [0.5, 0.6) is 0 Å². The summed E-state index contributed by atoms with van der Waals surface area (Å²) < 4.78 is 15.3. The molecule has 0 radical (unpaired) electrons. The fraction of sp³-hybridized carbons (Fsp3) is 0.875. The Labute approximate surface area is 110 Å². The number of hydrogen-bond donors (Lipinski definition) is 0. The predicted octanol–water partition coefficient (Wildman–Crippen LogP) is 2.27. The second kappa shape index (κ2) is 7.24. The van der Waals surface area contributed by atoms with Crippen molar-refractivity contribution in [2.45, 2.75) is 0 Å². The lowest BCUT2D eigenvalue weighted by Crippen LogP contribution is -2.39. The Morgan fingerprint density at radius 2 is 2.06 bits per heavy atom. The van der Waals surface area contributed by atoms with Crippen LogP contribution in [-0.4, -0.2) is 56.0 Å². The summed E-state index contributed by atoms with van der Waals surface area (Å²) in [7, 11) is 1.64. The van der Waals surface area contributed by atoms with Gasteiger partial charge < -0.3 is 14.2 Å². The largest absolute Gasteiger partial charge is 0.378 e. The van der Waals surface area contributed by atoms with Gasteiger partial charge in [0.25, 0.3) is 0 Å². The molecule has 4 nitrogen and oxygen atoms in total. The summed E-state index contributed by atoms with van der Waals surface area (Å²) in [5.41, 5.74) is -2.09. The topological polar surface area (TPSA) is 34.1 Å². The third-order valence-corrected chi connectivity index (χ3v) is 8.45. The molecule has 1 fully saturated rings. The zero-order valence-electron chi connectivity index (χ0n) is 9.71. The van der Waals surface area contributed by atoms with Crippen molar-refractivity contribution >= 4 is 45.7 Å². The summed E-state index contributed by atoms with van der Waals surface area (Å²) in [6.45, 7) is 3.28. The summed E-state index contributed by atoms with van der Waals surface area (Å²) in [4.78, 5) is 2.21. The van der Waals surface area contributed by atoms with Crippen LogP contribution in [0.25, 0.3) is 0 Å². The molecule has 1 aliphatic rings. The fourth-order valence-electron chi connectivity index (χ4n) is 1.25. The first-order chi connectivity index (χ1) is 7.65. The van der Waals surface area contributed by atoms with Crippen molar-refractivity contribution in [1.29, 1.82) is 0 Å². The Morgan fingerprint density at radius 3 is 2.50 bits per heavy atom. The van der Waals surface area contributed by atoms with Gasteiger partial charge in [0.05, 0.1) is 13.2 Å². The van der Waals surface area contributed by atoms with Crippen LogP contribution in [0.2, 0.25) is 0 Å². The standard InChI is InChI=1S/C8H17N2O2PS3/c1-11-13(14,16-3)9-8(15-2)10-4-6-12-7-5-10/h4-7H2,1-3H3/b9-8-. The predicted molar refractivity (Wildman–Crippen MR) is 78.2 cm³/mol. The Bertz CT molecular complexity index is 287. The molecule has 8 heteroatoms. The van der Waals surface area contributed by atoms with E-state index in [-0.39, 0.29) is 0 Å². The van der Waals surface area contributed by atoms with Crippen molar-refractivity contribution in [1.82, 2.24) is 4.90 Å². The Morgan fingerprint density at radius 1 is 1.44 bits per heavy atom. The molecular formula is C8H17N2O2PS3. The van der Waals surface area contributed by atoms with Crippen LogP contribution < -0.4 is 0 Å². The summed E-state index contributed by atoms with van der Waals surface area (Å²) >= 11 is 8.56. The maximum atomic E-state index is 5.41. The molecule has 16 heavy (non-hydrogen) atoms. The lowest BCUT2D eigenvalue weighted by Gasteiger charge is -2.29. The third kappa shape index (κ3) is 4.20. The van der Waals surface area contributed by atoms with Gasteiger partial charge >= 0.3 is 0 Å². The van der Waals surface area contributed by atoms with Crippen LogP contribution in [0.4, 0.5) is 0 Å². The molecule has 1 saturated heterocycles. The molecule has 0 saturated carbocycles. The average molecular weight is 300 g/mol. The monoisotopic (exact) mass is 300 g/mol. The van der Waals surface area contributed by atoms with Gasteiger partial charge in [-0.05, 0) is 24.3 Å². The Hall–Kier alpha value is 0.740. The quantitative estimate of drug-likeness (QED) is 0.452. The highest BCUT2D eigenvalue weighted by Gasteiger charge is 2.19. The van der Waals surface area contributed by atoms with Crippen LogP contribution in [0.15, 0.2) is 4.76 Å². The molecule has 0 spiro atoms. The molecule has 0 bridgehead atoms. The second-order valence-electron chi connectivity index (χ2n) is 3.02. The molecule has 0 N–H and O–H groups in total. The van der Waals surface area contributed by atoms with Crippen LogP contribution in [0.3, 0.4) is 0 Å². The number of morpholine rings is 1. The number of amidine groups is 1. The molecule has 1 atom stereocenters. The molecule has 0 amide bonds. The first kappa shape index (κ1) is 14.8. The van der Waals surface area contributed by atoms with Crippen LogP contribution in [0.1, 0.15) is 0 Å². The van der Waals surface area contributed by atoms with Gasteiger partial charge in [-0.15, -0.1) is 0 Å². The molecule has 0 aromatic heterocycles. The zero-order chi connectivity index (χ0) is 12.0. The van der Waals surface area contributed by atoms with Gasteiger partial charge in [0, 0.05) is 20.2 Å². The molecule has 1 unspecified atom stereocenters. The number of hydrogen-bond acceptors (Lipinski definition) is 5. The summed E-state index contributed by atoms with van der Waals surface area (Å²) in [5, 5.41) is 0.975. The Kier molecular flexibility index (Phi) is 6.69. The van der Waals surface area contributed by atoms with E-state index in [1.165, 1.54) is 11.4 Å². The van der Waals surface area contributed by atoms with Crippen molar-refractivity contribution in [2.75, 3.05) is 45.9 Å². The minimum Gasteiger partial charge on any atom is -0.378 e. The van der Waals surface area contributed by atoms with E-state index < -0.39 is 5.62 Å². The first-order valence-electron chi connectivity index (χ1n) is 4.83. The zero-order valence-corrected chi connectivity index (χ0v) is 13.1. The molecule has 1 heterocycles. The van der Waals surface area contributed by atoms with Crippen LogP contribution in [-0.2, 0) is 21.1 Å². The van der Waals surface area contributed by atoms with E-state index in [2.05, 4.69) is 9.66 Å². The summed E-state index contributed by atoms with van der Waals surface area (Å²) in [6.07, 6.45) is 3.97. The van der Waals surface area contributed by atoms with Crippen molar-refractivity contribution in [2.24, 2.45) is 4.76 Å². The molecule has 0 aromatic rings. The minimum atomic E-state index is -2.09. The number of rotatable bonds is 3. The smallest absolute Gasteiger partial charge is 0.233 e. The molecule has 1 aliphatic heterocycles. The van der Waals surface area contributed by atoms with Gasteiger partial charge in [-0.2, -0.15) is 4.76 Å². The molecular weight excluding hydrogens is 283 g/mol. The fourth-order valence-corrected chi connectivity index (χ4v) is 4.48. The molecule has 0 aliphatic carbocycles. The lowest BCUT2D eigenvalue weighted by molar-refractivity contribution is 0.0694. The number of nitrogens with zero attached hydrogens (tertiary/aromatic N) is 2. The second-order valence-corrected chi connectivity index (χ2v) is 10.4. The van der Waals surface area contributed by atoms with E-state index in [1.807, 2.05) is 12.5 Å². The number of thioether (sulfide) groups is 1. The van der Waals surface area contributed by atoms with E-state index in [4.69, 9.17) is 21.1 Å². The van der Waals surface area contributed by atoms with Crippen molar-refractivity contribution in [3.8, 4) is 0 Å². The molecule has 1 rings (SSSR count). The molecule has 94 valence electrons. The Balaban J connectivity index is 2.78. The van der Waals surface area contributed by atoms with Crippen molar-refractivity contribution in [3.05, 3.63) is 0 Å². The highest BCUT2D eigenvalue weighted by atomic mass is 32.9. The number of ether oxygens (including phenoxy) is 1. The van der Waals surface area contributed by atoms with E-state index >= 15 is 0 Å².